The molecule has 31 heavy (non-hydrogen) atoms. The molecule has 0 spiro atoms. The molecule has 1 amide bonds. The van der Waals surface area contributed by atoms with Crippen molar-refractivity contribution in [1.29, 1.82) is 0 Å². The molecule has 170 valence electrons. The van der Waals surface area contributed by atoms with Gasteiger partial charge in [-0.05, 0) is 49.9 Å². The molecule has 1 aromatic carbocycles. The fourth-order valence-corrected chi connectivity index (χ4v) is 4.85. The SMILES string of the molecule is CCCC(=O)Nc1ccc(S(=O)(=O)NCC(c2cccn2C)N2CCN(C)CC2)cc1. The van der Waals surface area contributed by atoms with Crippen molar-refractivity contribution in [1.82, 2.24) is 19.1 Å². The molecule has 1 saturated heterocycles. The van der Waals surface area contributed by atoms with Gasteiger partial charge in [0.1, 0.15) is 0 Å². The number of nitrogens with zero attached hydrogens (tertiary/aromatic N) is 3. The van der Waals surface area contributed by atoms with Crippen LogP contribution in [-0.2, 0) is 21.9 Å². The highest BCUT2D eigenvalue weighted by Gasteiger charge is 2.27. The smallest absolute Gasteiger partial charge is 0.240 e. The average Bonchev–Trinajstić information content (AvgIpc) is 3.15. The minimum Gasteiger partial charge on any atom is -0.353 e. The number of nitrogens with one attached hydrogen (secondary N) is 2. The number of carbonyl (C=O) groups excluding carboxylic acids is 1. The van der Waals surface area contributed by atoms with Gasteiger partial charge in [0.2, 0.25) is 15.9 Å². The Bertz CT molecular complexity index is 963. The first-order valence-corrected chi connectivity index (χ1v) is 12.2. The van der Waals surface area contributed by atoms with Crippen LogP contribution in [0.5, 0.6) is 0 Å². The van der Waals surface area contributed by atoms with E-state index in [9.17, 15) is 13.2 Å². The zero-order valence-electron chi connectivity index (χ0n) is 18.5. The largest absolute Gasteiger partial charge is 0.353 e. The number of hydrogen-bond donors (Lipinski definition) is 2. The fraction of sp³-hybridized carbons (Fsp3) is 0.500. The summed E-state index contributed by atoms with van der Waals surface area (Å²) in [5.41, 5.74) is 1.68. The van der Waals surface area contributed by atoms with Crippen LogP contribution in [0.2, 0.25) is 0 Å². The van der Waals surface area contributed by atoms with Gasteiger partial charge < -0.3 is 14.8 Å². The zero-order chi connectivity index (χ0) is 22.4. The number of carbonyl (C=O) groups is 1. The maximum atomic E-state index is 12.9. The lowest BCUT2D eigenvalue weighted by atomic mass is 10.1. The lowest BCUT2D eigenvalue weighted by Gasteiger charge is -2.38. The van der Waals surface area contributed by atoms with E-state index >= 15 is 0 Å². The third-order valence-corrected chi connectivity index (χ3v) is 7.14. The molecule has 3 rings (SSSR count). The highest BCUT2D eigenvalue weighted by molar-refractivity contribution is 7.89. The second-order valence-electron chi connectivity index (χ2n) is 8.07. The maximum Gasteiger partial charge on any atom is 0.240 e. The first kappa shape index (κ1) is 23.5. The third-order valence-electron chi connectivity index (χ3n) is 5.70. The molecule has 2 N–H and O–H groups in total. The van der Waals surface area contributed by atoms with Gasteiger partial charge in [0.15, 0.2) is 0 Å². The normalized spacial score (nSPS) is 16.9. The summed E-state index contributed by atoms with van der Waals surface area (Å²) >= 11 is 0. The summed E-state index contributed by atoms with van der Waals surface area (Å²) < 4.78 is 30.7. The molecule has 8 nitrogen and oxygen atoms in total. The van der Waals surface area contributed by atoms with E-state index in [2.05, 4.69) is 26.9 Å². The van der Waals surface area contributed by atoms with Crippen molar-refractivity contribution in [3.8, 4) is 0 Å². The van der Waals surface area contributed by atoms with Crippen molar-refractivity contribution in [3.05, 3.63) is 48.3 Å². The average molecular weight is 448 g/mol. The number of rotatable bonds is 9. The molecular weight excluding hydrogens is 414 g/mol. The van der Waals surface area contributed by atoms with Crippen molar-refractivity contribution in [2.75, 3.05) is 45.1 Å². The predicted molar refractivity (Wildman–Crippen MR) is 122 cm³/mol. The predicted octanol–water partition coefficient (Wildman–Crippen LogP) is 2.03. The molecule has 1 aliphatic rings. The van der Waals surface area contributed by atoms with Gasteiger partial charge in [0.05, 0.1) is 10.9 Å². The van der Waals surface area contributed by atoms with E-state index in [4.69, 9.17) is 0 Å². The van der Waals surface area contributed by atoms with Crippen molar-refractivity contribution in [2.45, 2.75) is 30.7 Å². The molecule has 0 saturated carbocycles. The maximum absolute atomic E-state index is 12.9. The Balaban J connectivity index is 1.70. The summed E-state index contributed by atoms with van der Waals surface area (Å²) in [6.07, 6.45) is 3.19. The number of aryl methyl sites for hydroxylation is 1. The van der Waals surface area contributed by atoms with Gasteiger partial charge in [0.25, 0.3) is 0 Å². The molecule has 1 fully saturated rings. The number of hydrogen-bond acceptors (Lipinski definition) is 5. The molecule has 0 radical (unpaired) electrons. The molecule has 1 aliphatic heterocycles. The second-order valence-corrected chi connectivity index (χ2v) is 9.84. The molecule has 0 aliphatic carbocycles. The molecule has 2 heterocycles. The number of aromatic nitrogens is 1. The first-order chi connectivity index (χ1) is 14.8. The van der Waals surface area contributed by atoms with Gasteiger partial charge in [0, 0.05) is 63.8 Å². The summed E-state index contributed by atoms with van der Waals surface area (Å²) in [4.78, 5) is 16.5. The van der Waals surface area contributed by atoms with E-state index in [0.29, 0.717) is 18.7 Å². The van der Waals surface area contributed by atoms with Crippen LogP contribution in [-0.4, -0.2) is 68.5 Å². The van der Waals surface area contributed by atoms with Crippen LogP contribution in [0.15, 0.2) is 47.5 Å². The Morgan fingerprint density at radius 3 is 2.32 bits per heavy atom. The minimum absolute atomic E-state index is 0.0453. The fourth-order valence-electron chi connectivity index (χ4n) is 3.81. The second kappa shape index (κ2) is 10.4. The molecule has 1 atom stereocenters. The molecule has 9 heteroatoms. The van der Waals surface area contributed by atoms with E-state index in [0.717, 1.165) is 38.3 Å². The van der Waals surface area contributed by atoms with Crippen molar-refractivity contribution >= 4 is 21.6 Å². The van der Waals surface area contributed by atoms with Gasteiger partial charge >= 0.3 is 0 Å². The summed E-state index contributed by atoms with van der Waals surface area (Å²) in [6, 6.07) is 10.3. The number of likely N-dealkylation sites (N-methyl/N-ethyl adjacent to an activating group) is 1. The van der Waals surface area contributed by atoms with Crippen molar-refractivity contribution < 1.29 is 13.2 Å². The monoisotopic (exact) mass is 447 g/mol. The Morgan fingerprint density at radius 1 is 1.06 bits per heavy atom. The van der Waals surface area contributed by atoms with Crippen LogP contribution in [0.25, 0.3) is 0 Å². The highest BCUT2D eigenvalue weighted by Crippen LogP contribution is 2.23. The summed E-state index contributed by atoms with van der Waals surface area (Å²) in [5.74, 6) is -0.0752. The van der Waals surface area contributed by atoms with Crippen LogP contribution in [0.4, 0.5) is 5.69 Å². The Labute approximate surface area is 185 Å². The molecule has 2 aromatic rings. The van der Waals surface area contributed by atoms with E-state index < -0.39 is 10.0 Å². The Morgan fingerprint density at radius 2 is 1.74 bits per heavy atom. The number of amides is 1. The van der Waals surface area contributed by atoms with Gasteiger partial charge in [-0.2, -0.15) is 0 Å². The topological polar surface area (TPSA) is 86.7 Å². The quantitative estimate of drug-likeness (QED) is 0.614. The Hall–Kier alpha value is -2.20. The summed E-state index contributed by atoms with van der Waals surface area (Å²) in [7, 11) is 0.414. The lowest BCUT2D eigenvalue weighted by Crippen LogP contribution is -2.48. The number of anilines is 1. The summed E-state index contributed by atoms with van der Waals surface area (Å²) in [6.45, 7) is 5.92. The molecular formula is C22H33N5O3S. The number of piperazine rings is 1. The minimum atomic E-state index is -3.67. The van der Waals surface area contributed by atoms with E-state index in [1.165, 1.54) is 12.1 Å². The Kier molecular flexibility index (Phi) is 7.88. The standard InChI is InChI=1S/C22H33N5O3S/c1-4-6-22(28)24-18-8-10-19(11-9-18)31(29,30)23-17-21(20-7-5-12-26(20)3)27-15-13-25(2)14-16-27/h5,7-12,21,23H,4,6,13-17H2,1-3H3,(H,24,28). The summed E-state index contributed by atoms with van der Waals surface area (Å²) in [5, 5.41) is 2.78. The van der Waals surface area contributed by atoms with E-state index in [1.54, 1.807) is 12.1 Å². The number of benzene rings is 1. The third kappa shape index (κ3) is 6.16. The van der Waals surface area contributed by atoms with Crippen molar-refractivity contribution in [3.63, 3.8) is 0 Å². The van der Waals surface area contributed by atoms with Crippen LogP contribution in [0.3, 0.4) is 0 Å². The van der Waals surface area contributed by atoms with Gasteiger partial charge in [-0.25, -0.2) is 13.1 Å². The molecule has 1 unspecified atom stereocenters. The van der Waals surface area contributed by atoms with Crippen LogP contribution < -0.4 is 10.0 Å². The van der Waals surface area contributed by atoms with Crippen LogP contribution in [0, 0.1) is 0 Å². The molecule has 0 bridgehead atoms. The first-order valence-electron chi connectivity index (χ1n) is 10.7. The van der Waals surface area contributed by atoms with E-state index in [-0.39, 0.29) is 16.8 Å². The lowest BCUT2D eigenvalue weighted by molar-refractivity contribution is -0.116. The van der Waals surface area contributed by atoms with Crippen molar-refractivity contribution in [2.24, 2.45) is 7.05 Å². The van der Waals surface area contributed by atoms with Crippen LogP contribution >= 0.6 is 0 Å². The van der Waals surface area contributed by atoms with E-state index in [1.807, 2.05) is 36.9 Å². The highest BCUT2D eigenvalue weighted by atomic mass is 32.2. The van der Waals surface area contributed by atoms with Gasteiger partial charge in [-0.1, -0.05) is 6.92 Å². The van der Waals surface area contributed by atoms with Crippen LogP contribution in [0.1, 0.15) is 31.5 Å². The van der Waals surface area contributed by atoms with Gasteiger partial charge in [-0.3, -0.25) is 9.69 Å². The van der Waals surface area contributed by atoms with Gasteiger partial charge in [-0.15, -0.1) is 0 Å². The number of sulfonamides is 1. The molecule has 1 aromatic heterocycles. The zero-order valence-corrected chi connectivity index (χ0v) is 19.4.